The van der Waals surface area contributed by atoms with Crippen LogP contribution in [0, 0.1) is 5.92 Å². The fourth-order valence-electron chi connectivity index (χ4n) is 2.00. The van der Waals surface area contributed by atoms with Gasteiger partial charge in [0.05, 0.1) is 18.6 Å². The van der Waals surface area contributed by atoms with E-state index in [1.54, 1.807) is 20.8 Å². The minimum Gasteiger partial charge on any atom is -0.548 e. The summed E-state index contributed by atoms with van der Waals surface area (Å²) in [5.74, 6) is -1.92. The maximum atomic E-state index is 12.0. The van der Waals surface area contributed by atoms with E-state index in [0.717, 1.165) is 4.90 Å². The van der Waals surface area contributed by atoms with E-state index in [1.807, 2.05) is 0 Å². The van der Waals surface area contributed by atoms with Crippen LogP contribution in [0.1, 0.15) is 27.2 Å². The molecule has 0 radical (unpaired) electrons. The molecule has 1 fully saturated rings. The largest absolute Gasteiger partial charge is 0.548 e. The summed E-state index contributed by atoms with van der Waals surface area (Å²) < 4.78 is 33.2. The molecule has 1 amide bonds. The Hall–Kier alpha value is -1.44. The van der Waals surface area contributed by atoms with Crippen molar-refractivity contribution in [2.24, 2.45) is 5.92 Å². The van der Waals surface area contributed by atoms with Crippen molar-refractivity contribution in [2.75, 3.05) is 13.2 Å². The number of likely N-dealkylation sites (tertiary alicyclic amines) is 1. The number of alkyl halides is 2. The van der Waals surface area contributed by atoms with Gasteiger partial charge >= 0.3 is 12.7 Å². The van der Waals surface area contributed by atoms with Crippen molar-refractivity contribution in [1.29, 1.82) is 0 Å². The number of hydrogen-bond donors (Lipinski definition) is 0. The summed E-state index contributed by atoms with van der Waals surface area (Å²) in [7, 11) is 0. The molecule has 0 aliphatic carbocycles. The highest BCUT2D eigenvalue weighted by Gasteiger charge is 2.38. The lowest BCUT2D eigenvalue weighted by atomic mass is 10.1. The summed E-state index contributed by atoms with van der Waals surface area (Å²) in [4.78, 5) is 23.9. The molecule has 0 unspecified atom stereocenters. The number of carbonyl (C=O) groups is 2. The van der Waals surface area contributed by atoms with Crippen molar-refractivity contribution >= 4 is 12.1 Å². The molecule has 1 saturated heterocycles. The van der Waals surface area contributed by atoms with Gasteiger partial charge in [-0.15, -0.1) is 0 Å². The van der Waals surface area contributed by atoms with Crippen LogP contribution in [0.5, 0.6) is 0 Å². The maximum Gasteiger partial charge on any atom is 0.410 e. The molecule has 0 aromatic carbocycles. The van der Waals surface area contributed by atoms with Gasteiger partial charge in [-0.05, 0) is 27.2 Å². The molecule has 0 aromatic heterocycles. The van der Waals surface area contributed by atoms with E-state index in [2.05, 4.69) is 4.74 Å². The lowest BCUT2D eigenvalue weighted by Crippen LogP contribution is -2.48. The van der Waals surface area contributed by atoms with Gasteiger partial charge in [0.25, 0.3) is 0 Å². The lowest BCUT2D eigenvalue weighted by Gasteiger charge is -2.28. The zero-order valence-corrected chi connectivity index (χ0v) is 11.6. The monoisotopic (exact) mass is 294 g/mol. The summed E-state index contributed by atoms with van der Waals surface area (Å²) in [5, 5.41) is 11.0. The van der Waals surface area contributed by atoms with Crippen molar-refractivity contribution < 1.29 is 33.0 Å². The molecule has 6 nitrogen and oxygen atoms in total. The van der Waals surface area contributed by atoms with Crippen molar-refractivity contribution in [3.05, 3.63) is 0 Å². The first kappa shape index (κ1) is 16.6. The number of carboxylic acid groups (broad SMARTS) is 1. The minimum atomic E-state index is -2.92. The molecule has 116 valence electrons. The summed E-state index contributed by atoms with van der Waals surface area (Å²) >= 11 is 0. The van der Waals surface area contributed by atoms with Crippen LogP contribution in [0.15, 0.2) is 0 Å². The van der Waals surface area contributed by atoms with Crippen LogP contribution < -0.4 is 5.11 Å². The zero-order chi connectivity index (χ0) is 15.5. The SMILES string of the molecule is CC(C)(C)OC(=O)N1C[C@@H](COC(F)F)C[C@H]1C(=O)[O-]. The second-order valence-corrected chi connectivity index (χ2v) is 5.66. The Balaban J connectivity index is 2.67. The summed E-state index contributed by atoms with van der Waals surface area (Å²) in [6.07, 6.45) is -0.792. The van der Waals surface area contributed by atoms with E-state index in [1.165, 1.54) is 0 Å². The molecular formula is C12H18F2NO5-. The third kappa shape index (κ3) is 4.92. The Morgan fingerprint density at radius 1 is 1.40 bits per heavy atom. The number of carboxylic acids is 1. The van der Waals surface area contributed by atoms with E-state index < -0.39 is 36.2 Å². The quantitative estimate of drug-likeness (QED) is 0.758. The molecule has 1 aliphatic rings. The Labute approximate surface area is 115 Å². The number of nitrogens with zero attached hydrogens (tertiary/aromatic N) is 1. The first-order valence-electron chi connectivity index (χ1n) is 6.20. The van der Waals surface area contributed by atoms with Crippen molar-refractivity contribution in [3.8, 4) is 0 Å². The Morgan fingerprint density at radius 3 is 2.45 bits per heavy atom. The first-order chi connectivity index (χ1) is 9.10. The highest BCUT2D eigenvalue weighted by atomic mass is 19.3. The number of rotatable bonds is 4. The molecule has 0 saturated carbocycles. The van der Waals surface area contributed by atoms with Gasteiger partial charge in [0.1, 0.15) is 5.60 Å². The highest BCUT2D eigenvalue weighted by Crippen LogP contribution is 2.26. The second kappa shape index (κ2) is 6.34. The fourth-order valence-corrected chi connectivity index (χ4v) is 2.00. The third-order valence-electron chi connectivity index (χ3n) is 2.75. The number of carbonyl (C=O) groups excluding carboxylic acids is 2. The third-order valence-corrected chi connectivity index (χ3v) is 2.75. The van der Waals surface area contributed by atoms with Crippen molar-refractivity contribution in [3.63, 3.8) is 0 Å². The number of aliphatic carboxylic acids is 1. The number of ether oxygens (including phenoxy) is 2. The van der Waals surface area contributed by atoms with Gasteiger partial charge in [0.15, 0.2) is 0 Å². The second-order valence-electron chi connectivity index (χ2n) is 5.66. The molecule has 0 bridgehead atoms. The smallest absolute Gasteiger partial charge is 0.410 e. The molecule has 0 spiro atoms. The lowest BCUT2D eigenvalue weighted by molar-refractivity contribution is -0.310. The molecule has 0 aromatic rings. The van der Waals surface area contributed by atoms with Crippen LogP contribution in [-0.2, 0) is 14.3 Å². The molecule has 1 aliphatic heterocycles. The van der Waals surface area contributed by atoms with Crippen LogP contribution in [0.2, 0.25) is 0 Å². The fraction of sp³-hybridized carbons (Fsp3) is 0.833. The van der Waals surface area contributed by atoms with Gasteiger partial charge in [-0.2, -0.15) is 8.78 Å². The standard InChI is InChI=1S/C12H19F2NO5/c1-12(2,3)20-11(18)15-5-7(6-19-10(13)14)4-8(15)9(16)17/h7-8,10H,4-6H2,1-3H3,(H,16,17)/p-1/t7-,8-/m0/s1. The normalized spacial score (nSPS) is 23.2. The van der Waals surface area contributed by atoms with Crippen LogP contribution in [0.25, 0.3) is 0 Å². The van der Waals surface area contributed by atoms with Crippen LogP contribution in [0.4, 0.5) is 13.6 Å². The van der Waals surface area contributed by atoms with Gasteiger partial charge in [0, 0.05) is 12.5 Å². The predicted octanol–water partition coefficient (Wildman–Crippen LogP) is 0.601. The Kier molecular flexibility index (Phi) is 5.27. The molecule has 8 heteroatoms. The average molecular weight is 294 g/mol. The minimum absolute atomic E-state index is 0.00823. The van der Waals surface area contributed by atoms with E-state index in [-0.39, 0.29) is 19.6 Å². The molecule has 2 atom stereocenters. The van der Waals surface area contributed by atoms with Crippen molar-refractivity contribution in [2.45, 2.75) is 45.4 Å². The topological polar surface area (TPSA) is 78.9 Å². The van der Waals surface area contributed by atoms with E-state index in [0.29, 0.717) is 0 Å². The first-order valence-corrected chi connectivity index (χ1v) is 6.20. The van der Waals surface area contributed by atoms with E-state index in [9.17, 15) is 23.5 Å². The van der Waals surface area contributed by atoms with Gasteiger partial charge in [-0.3, -0.25) is 4.90 Å². The highest BCUT2D eigenvalue weighted by molar-refractivity contribution is 5.79. The van der Waals surface area contributed by atoms with Gasteiger partial charge in [0.2, 0.25) is 0 Å². The Bertz CT molecular complexity index is 369. The average Bonchev–Trinajstić information content (AvgIpc) is 2.68. The van der Waals surface area contributed by atoms with Crippen LogP contribution in [-0.4, -0.2) is 48.4 Å². The summed E-state index contributed by atoms with van der Waals surface area (Å²) in [5.41, 5.74) is -0.773. The van der Waals surface area contributed by atoms with Gasteiger partial charge < -0.3 is 19.4 Å². The summed E-state index contributed by atoms with van der Waals surface area (Å²) in [6, 6.07) is -1.18. The number of halogens is 2. The maximum absolute atomic E-state index is 12.0. The number of amides is 1. The summed E-state index contributed by atoms with van der Waals surface area (Å²) in [6.45, 7) is 1.68. The number of hydrogen-bond acceptors (Lipinski definition) is 5. The molecule has 0 N–H and O–H groups in total. The zero-order valence-electron chi connectivity index (χ0n) is 11.6. The van der Waals surface area contributed by atoms with E-state index in [4.69, 9.17) is 4.74 Å². The molecule has 1 rings (SSSR count). The molecule has 1 heterocycles. The Morgan fingerprint density at radius 2 is 2.00 bits per heavy atom. The molecular weight excluding hydrogens is 276 g/mol. The van der Waals surface area contributed by atoms with Gasteiger partial charge in [-0.1, -0.05) is 0 Å². The predicted molar refractivity (Wildman–Crippen MR) is 61.8 cm³/mol. The van der Waals surface area contributed by atoms with Crippen LogP contribution in [0.3, 0.4) is 0 Å². The van der Waals surface area contributed by atoms with E-state index >= 15 is 0 Å². The molecule has 20 heavy (non-hydrogen) atoms. The van der Waals surface area contributed by atoms with Crippen molar-refractivity contribution in [1.82, 2.24) is 4.90 Å². The van der Waals surface area contributed by atoms with Gasteiger partial charge in [-0.25, -0.2) is 4.79 Å². The van der Waals surface area contributed by atoms with Crippen LogP contribution >= 0.6 is 0 Å².